The minimum Gasteiger partial charge on any atom is -0.379 e. The predicted octanol–water partition coefficient (Wildman–Crippen LogP) is 2.03. The summed E-state index contributed by atoms with van der Waals surface area (Å²) in [5, 5.41) is 0. The molecule has 19 heavy (non-hydrogen) atoms. The summed E-state index contributed by atoms with van der Waals surface area (Å²) in [4.78, 5) is 13.8. The molecule has 112 valence electrons. The maximum absolute atomic E-state index is 12.0. The smallest absolute Gasteiger partial charge is 0.222 e. The summed E-state index contributed by atoms with van der Waals surface area (Å²) >= 11 is 0. The molecule has 1 aliphatic rings. The van der Waals surface area contributed by atoms with Gasteiger partial charge in [0.1, 0.15) is 0 Å². The van der Waals surface area contributed by atoms with Crippen molar-refractivity contribution in [2.75, 3.05) is 33.4 Å². The Bertz CT molecular complexity index is 275. The molecule has 0 radical (unpaired) electrons. The van der Waals surface area contributed by atoms with Gasteiger partial charge in [-0.25, -0.2) is 0 Å². The van der Waals surface area contributed by atoms with Crippen LogP contribution in [0.15, 0.2) is 0 Å². The van der Waals surface area contributed by atoms with Crippen molar-refractivity contribution in [2.24, 2.45) is 17.1 Å². The second kappa shape index (κ2) is 7.85. The Morgan fingerprint density at radius 3 is 2.63 bits per heavy atom. The molecule has 0 saturated heterocycles. The number of hydrogen-bond acceptors (Lipinski definition) is 3. The fourth-order valence-electron chi connectivity index (χ4n) is 2.01. The Morgan fingerprint density at radius 2 is 2.05 bits per heavy atom. The zero-order chi connectivity index (χ0) is 14.3. The average molecular weight is 270 g/mol. The third-order valence-electron chi connectivity index (χ3n) is 3.88. The first-order valence-corrected chi connectivity index (χ1v) is 7.46. The van der Waals surface area contributed by atoms with Crippen LogP contribution >= 0.6 is 0 Å². The summed E-state index contributed by atoms with van der Waals surface area (Å²) in [7, 11) is 1.86. The van der Waals surface area contributed by atoms with E-state index in [0.717, 1.165) is 25.4 Å². The van der Waals surface area contributed by atoms with Crippen LogP contribution in [0.3, 0.4) is 0 Å². The monoisotopic (exact) mass is 270 g/mol. The fourth-order valence-corrected chi connectivity index (χ4v) is 2.01. The normalized spacial score (nSPS) is 15.6. The highest BCUT2D eigenvalue weighted by atomic mass is 16.5. The maximum atomic E-state index is 12.0. The largest absolute Gasteiger partial charge is 0.379 e. The molecule has 1 aliphatic carbocycles. The Balaban J connectivity index is 2.09. The first kappa shape index (κ1) is 16.4. The number of nitrogens with two attached hydrogens (primary N) is 1. The van der Waals surface area contributed by atoms with E-state index in [2.05, 4.69) is 13.8 Å². The van der Waals surface area contributed by atoms with Crippen molar-refractivity contribution in [3.05, 3.63) is 0 Å². The SMILES string of the molecule is CN(CCOCC1CC1)C(=O)CCC(C)(C)CCN. The van der Waals surface area contributed by atoms with Crippen LogP contribution in [0.5, 0.6) is 0 Å². The van der Waals surface area contributed by atoms with Crippen LogP contribution in [0.25, 0.3) is 0 Å². The second-order valence-electron chi connectivity index (χ2n) is 6.54. The lowest BCUT2D eigenvalue weighted by Crippen LogP contribution is -2.31. The van der Waals surface area contributed by atoms with Gasteiger partial charge in [-0.05, 0) is 43.6 Å². The molecule has 4 heteroatoms. The molecule has 0 bridgehead atoms. The van der Waals surface area contributed by atoms with Crippen LogP contribution in [0.1, 0.15) is 46.0 Å². The van der Waals surface area contributed by atoms with Gasteiger partial charge in [0, 0.05) is 26.6 Å². The quantitative estimate of drug-likeness (QED) is 0.618. The summed E-state index contributed by atoms with van der Waals surface area (Å²) in [5.74, 6) is 0.998. The molecule has 1 amide bonds. The van der Waals surface area contributed by atoms with Crippen LogP contribution in [-0.2, 0) is 9.53 Å². The van der Waals surface area contributed by atoms with Crippen molar-refractivity contribution in [3.63, 3.8) is 0 Å². The van der Waals surface area contributed by atoms with Gasteiger partial charge >= 0.3 is 0 Å². The average Bonchev–Trinajstić information content (AvgIpc) is 3.15. The molecule has 0 heterocycles. The lowest BCUT2D eigenvalue weighted by molar-refractivity contribution is -0.131. The summed E-state index contributed by atoms with van der Waals surface area (Å²) in [6, 6.07) is 0. The van der Waals surface area contributed by atoms with E-state index in [1.54, 1.807) is 4.90 Å². The fraction of sp³-hybridized carbons (Fsp3) is 0.933. The number of hydrogen-bond donors (Lipinski definition) is 1. The van der Waals surface area contributed by atoms with Gasteiger partial charge < -0.3 is 15.4 Å². The first-order chi connectivity index (χ1) is 8.94. The minimum absolute atomic E-state index is 0.160. The van der Waals surface area contributed by atoms with Gasteiger partial charge in [-0.15, -0.1) is 0 Å². The Morgan fingerprint density at radius 1 is 1.37 bits per heavy atom. The van der Waals surface area contributed by atoms with Gasteiger partial charge in [-0.2, -0.15) is 0 Å². The number of carbonyl (C=O) groups is 1. The topological polar surface area (TPSA) is 55.6 Å². The van der Waals surface area contributed by atoms with E-state index in [1.807, 2.05) is 7.05 Å². The van der Waals surface area contributed by atoms with Crippen LogP contribution in [-0.4, -0.2) is 44.2 Å². The lowest BCUT2D eigenvalue weighted by Gasteiger charge is -2.25. The van der Waals surface area contributed by atoms with Crippen LogP contribution in [0.4, 0.5) is 0 Å². The highest BCUT2D eigenvalue weighted by Gasteiger charge is 2.22. The van der Waals surface area contributed by atoms with Gasteiger partial charge in [0.15, 0.2) is 0 Å². The highest BCUT2D eigenvalue weighted by molar-refractivity contribution is 5.75. The summed E-state index contributed by atoms with van der Waals surface area (Å²) < 4.78 is 5.55. The van der Waals surface area contributed by atoms with Crippen LogP contribution < -0.4 is 5.73 Å². The molecule has 4 nitrogen and oxygen atoms in total. The van der Waals surface area contributed by atoms with Gasteiger partial charge in [0.05, 0.1) is 6.61 Å². The third-order valence-corrected chi connectivity index (χ3v) is 3.88. The number of nitrogens with zero attached hydrogens (tertiary/aromatic N) is 1. The summed E-state index contributed by atoms with van der Waals surface area (Å²) in [5.41, 5.74) is 5.74. The van der Waals surface area contributed by atoms with E-state index >= 15 is 0 Å². The molecule has 0 aromatic rings. The Kier molecular flexibility index (Phi) is 6.80. The number of ether oxygens (including phenoxy) is 1. The maximum Gasteiger partial charge on any atom is 0.222 e. The molecule has 0 unspecified atom stereocenters. The van der Waals surface area contributed by atoms with Crippen molar-refractivity contribution in [1.29, 1.82) is 0 Å². The molecular formula is C15H30N2O2. The minimum atomic E-state index is 0.160. The predicted molar refractivity (Wildman–Crippen MR) is 77.9 cm³/mol. The number of carbonyl (C=O) groups excluding carboxylic acids is 1. The Hall–Kier alpha value is -0.610. The molecule has 0 aliphatic heterocycles. The molecule has 0 atom stereocenters. The van der Waals surface area contributed by atoms with E-state index in [9.17, 15) is 4.79 Å². The standard InChI is InChI=1S/C15H30N2O2/c1-15(2,8-9-16)7-6-14(18)17(3)10-11-19-12-13-4-5-13/h13H,4-12,16H2,1-3H3. The number of amides is 1. The molecule has 0 aromatic carbocycles. The van der Waals surface area contributed by atoms with Gasteiger partial charge in [-0.1, -0.05) is 13.8 Å². The number of likely N-dealkylation sites (N-methyl/N-ethyl adjacent to an activating group) is 1. The number of rotatable bonds is 10. The first-order valence-electron chi connectivity index (χ1n) is 7.46. The highest BCUT2D eigenvalue weighted by Crippen LogP contribution is 2.28. The van der Waals surface area contributed by atoms with Crippen molar-refractivity contribution < 1.29 is 9.53 Å². The molecular weight excluding hydrogens is 240 g/mol. The summed E-state index contributed by atoms with van der Waals surface area (Å²) in [6.07, 6.45) is 5.09. The second-order valence-corrected chi connectivity index (χ2v) is 6.54. The van der Waals surface area contributed by atoms with Gasteiger partial charge in [0.25, 0.3) is 0 Å². The van der Waals surface area contributed by atoms with E-state index in [-0.39, 0.29) is 11.3 Å². The Labute approximate surface area is 117 Å². The molecule has 0 aromatic heterocycles. The molecule has 1 fully saturated rings. The molecule has 1 rings (SSSR count). The van der Waals surface area contributed by atoms with Crippen molar-refractivity contribution in [1.82, 2.24) is 4.90 Å². The van der Waals surface area contributed by atoms with Crippen LogP contribution in [0.2, 0.25) is 0 Å². The van der Waals surface area contributed by atoms with E-state index in [0.29, 0.717) is 26.1 Å². The summed E-state index contributed by atoms with van der Waals surface area (Å²) in [6.45, 7) is 7.25. The van der Waals surface area contributed by atoms with Gasteiger partial charge in [0.2, 0.25) is 5.91 Å². The zero-order valence-electron chi connectivity index (χ0n) is 12.8. The zero-order valence-corrected chi connectivity index (χ0v) is 12.8. The van der Waals surface area contributed by atoms with Crippen molar-refractivity contribution >= 4 is 5.91 Å². The molecule has 0 spiro atoms. The van der Waals surface area contributed by atoms with E-state index in [4.69, 9.17) is 10.5 Å². The van der Waals surface area contributed by atoms with Crippen molar-refractivity contribution in [3.8, 4) is 0 Å². The molecule has 1 saturated carbocycles. The van der Waals surface area contributed by atoms with E-state index < -0.39 is 0 Å². The van der Waals surface area contributed by atoms with Crippen molar-refractivity contribution in [2.45, 2.75) is 46.0 Å². The van der Waals surface area contributed by atoms with Crippen LogP contribution in [0, 0.1) is 11.3 Å². The third kappa shape index (κ3) is 7.53. The van der Waals surface area contributed by atoms with Gasteiger partial charge in [-0.3, -0.25) is 4.79 Å². The van der Waals surface area contributed by atoms with E-state index in [1.165, 1.54) is 12.8 Å². The lowest BCUT2D eigenvalue weighted by atomic mass is 9.84. The molecule has 2 N–H and O–H groups in total.